The maximum atomic E-state index is 12.2. The zero-order valence-corrected chi connectivity index (χ0v) is 14.1. The summed E-state index contributed by atoms with van der Waals surface area (Å²) in [5, 5.41) is 3.08. The van der Waals surface area contributed by atoms with Gasteiger partial charge in [0.2, 0.25) is 10.0 Å². The van der Waals surface area contributed by atoms with Crippen LogP contribution >= 0.6 is 11.8 Å². The highest BCUT2D eigenvalue weighted by Gasteiger charge is 2.17. The van der Waals surface area contributed by atoms with Crippen molar-refractivity contribution in [3.8, 4) is 0 Å². The van der Waals surface area contributed by atoms with Crippen LogP contribution in [0.2, 0.25) is 0 Å². The van der Waals surface area contributed by atoms with E-state index in [0.717, 1.165) is 42.0 Å². The van der Waals surface area contributed by atoms with E-state index in [1.807, 2.05) is 43.1 Å². The Morgan fingerprint density at radius 1 is 1.24 bits per heavy atom. The second-order valence-corrected chi connectivity index (χ2v) is 8.55. The SMILES string of the molecule is CNCc1cccc(CS(=O)(=O)NCC2CCSCC2)c1. The van der Waals surface area contributed by atoms with E-state index in [4.69, 9.17) is 0 Å². The zero-order valence-electron chi connectivity index (χ0n) is 12.5. The third-order valence-electron chi connectivity index (χ3n) is 3.66. The van der Waals surface area contributed by atoms with Crippen LogP contribution in [0, 0.1) is 5.92 Å². The first kappa shape index (κ1) is 16.8. The molecule has 0 aromatic heterocycles. The lowest BCUT2D eigenvalue weighted by Gasteiger charge is -2.21. The predicted octanol–water partition coefficient (Wildman–Crippen LogP) is 1.97. The van der Waals surface area contributed by atoms with Crippen LogP contribution in [0.4, 0.5) is 0 Å². The molecule has 1 heterocycles. The summed E-state index contributed by atoms with van der Waals surface area (Å²) in [6, 6.07) is 7.73. The molecule has 4 nitrogen and oxygen atoms in total. The molecule has 118 valence electrons. The van der Waals surface area contributed by atoms with Gasteiger partial charge in [0.05, 0.1) is 5.75 Å². The van der Waals surface area contributed by atoms with Crippen LogP contribution in [0.5, 0.6) is 0 Å². The minimum absolute atomic E-state index is 0.0615. The summed E-state index contributed by atoms with van der Waals surface area (Å²) >= 11 is 1.96. The van der Waals surface area contributed by atoms with Crippen molar-refractivity contribution in [3.63, 3.8) is 0 Å². The molecule has 0 bridgehead atoms. The fraction of sp³-hybridized carbons (Fsp3) is 0.600. The molecular formula is C15H24N2O2S2. The van der Waals surface area contributed by atoms with Crippen LogP contribution in [-0.2, 0) is 22.3 Å². The fourth-order valence-electron chi connectivity index (χ4n) is 2.50. The predicted molar refractivity (Wildman–Crippen MR) is 89.9 cm³/mol. The Hall–Kier alpha value is -0.560. The number of thioether (sulfide) groups is 1. The largest absolute Gasteiger partial charge is 0.316 e. The molecule has 1 aromatic rings. The molecule has 0 aliphatic carbocycles. The molecule has 2 N–H and O–H groups in total. The zero-order chi connectivity index (χ0) is 15.1. The van der Waals surface area contributed by atoms with E-state index in [9.17, 15) is 8.42 Å². The van der Waals surface area contributed by atoms with E-state index in [1.165, 1.54) is 0 Å². The van der Waals surface area contributed by atoms with E-state index in [1.54, 1.807) is 0 Å². The Balaban J connectivity index is 1.89. The lowest BCUT2D eigenvalue weighted by atomic mass is 10.0. The van der Waals surface area contributed by atoms with Crippen LogP contribution in [-0.4, -0.2) is 33.5 Å². The van der Waals surface area contributed by atoms with Gasteiger partial charge in [-0.05, 0) is 48.4 Å². The Bertz CT molecular complexity index is 540. The number of rotatable bonds is 7. The third-order valence-corrected chi connectivity index (χ3v) is 6.03. The maximum absolute atomic E-state index is 12.2. The molecule has 1 saturated heterocycles. The Kier molecular flexibility index (Phi) is 6.54. The van der Waals surface area contributed by atoms with Gasteiger partial charge in [-0.2, -0.15) is 11.8 Å². The van der Waals surface area contributed by atoms with Gasteiger partial charge in [-0.25, -0.2) is 13.1 Å². The van der Waals surface area contributed by atoms with Crippen LogP contribution in [0.1, 0.15) is 24.0 Å². The van der Waals surface area contributed by atoms with Gasteiger partial charge in [-0.15, -0.1) is 0 Å². The van der Waals surface area contributed by atoms with E-state index in [2.05, 4.69) is 10.0 Å². The number of benzene rings is 1. The Morgan fingerprint density at radius 2 is 1.95 bits per heavy atom. The van der Waals surface area contributed by atoms with Crippen molar-refractivity contribution >= 4 is 21.8 Å². The molecule has 0 unspecified atom stereocenters. The highest BCUT2D eigenvalue weighted by molar-refractivity contribution is 7.99. The molecule has 6 heteroatoms. The third kappa shape index (κ3) is 5.98. The summed E-state index contributed by atoms with van der Waals surface area (Å²) in [5.74, 6) is 2.86. The quantitative estimate of drug-likeness (QED) is 0.803. The smallest absolute Gasteiger partial charge is 0.215 e. The van der Waals surface area contributed by atoms with E-state index < -0.39 is 10.0 Å². The first-order valence-electron chi connectivity index (χ1n) is 7.36. The maximum Gasteiger partial charge on any atom is 0.215 e. The topological polar surface area (TPSA) is 58.2 Å². The summed E-state index contributed by atoms with van der Waals surface area (Å²) in [6.07, 6.45) is 2.23. The van der Waals surface area contributed by atoms with Gasteiger partial charge in [-0.3, -0.25) is 0 Å². The molecule has 1 aliphatic rings. The lowest BCUT2D eigenvalue weighted by Crippen LogP contribution is -2.31. The van der Waals surface area contributed by atoms with Gasteiger partial charge in [0.15, 0.2) is 0 Å². The first-order valence-corrected chi connectivity index (χ1v) is 10.2. The molecule has 0 radical (unpaired) electrons. The molecule has 0 spiro atoms. The van der Waals surface area contributed by atoms with Crippen molar-refractivity contribution in [3.05, 3.63) is 35.4 Å². The second kappa shape index (κ2) is 8.17. The first-order chi connectivity index (χ1) is 10.1. The molecule has 0 amide bonds. The second-order valence-electron chi connectivity index (χ2n) is 5.51. The molecule has 21 heavy (non-hydrogen) atoms. The van der Waals surface area contributed by atoms with Crippen molar-refractivity contribution in [1.82, 2.24) is 10.0 Å². The van der Waals surface area contributed by atoms with Crippen molar-refractivity contribution in [1.29, 1.82) is 0 Å². The monoisotopic (exact) mass is 328 g/mol. The fourth-order valence-corrected chi connectivity index (χ4v) is 4.91. The summed E-state index contributed by atoms with van der Waals surface area (Å²) < 4.78 is 27.1. The number of nitrogens with one attached hydrogen (secondary N) is 2. The van der Waals surface area contributed by atoms with E-state index in [-0.39, 0.29) is 5.75 Å². The standard InChI is InChI=1S/C15H24N2O2S2/c1-16-10-14-3-2-4-15(9-14)12-21(18,19)17-11-13-5-7-20-8-6-13/h2-4,9,13,16-17H,5-8,10-12H2,1H3. The highest BCUT2D eigenvalue weighted by atomic mass is 32.2. The van der Waals surface area contributed by atoms with Crippen molar-refractivity contribution in [2.45, 2.75) is 25.1 Å². The summed E-state index contributed by atoms with van der Waals surface area (Å²) in [6.45, 7) is 1.33. The molecule has 1 aromatic carbocycles. The molecule has 1 aliphatic heterocycles. The van der Waals surface area contributed by atoms with Gasteiger partial charge < -0.3 is 5.32 Å². The molecular weight excluding hydrogens is 304 g/mol. The molecule has 0 saturated carbocycles. The average Bonchev–Trinajstić information content (AvgIpc) is 2.47. The van der Waals surface area contributed by atoms with E-state index in [0.29, 0.717) is 12.5 Å². The van der Waals surface area contributed by atoms with Crippen LogP contribution < -0.4 is 10.0 Å². The molecule has 1 fully saturated rings. The number of hydrogen-bond acceptors (Lipinski definition) is 4. The van der Waals surface area contributed by atoms with Crippen molar-refractivity contribution in [2.24, 2.45) is 5.92 Å². The Labute approximate surface area is 132 Å². The van der Waals surface area contributed by atoms with Gasteiger partial charge in [0.25, 0.3) is 0 Å². The minimum atomic E-state index is -3.24. The summed E-state index contributed by atoms with van der Waals surface area (Å²) in [4.78, 5) is 0. The van der Waals surface area contributed by atoms with Gasteiger partial charge in [0, 0.05) is 13.1 Å². The van der Waals surface area contributed by atoms with Crippen LogP contribution in [0.15, 0.2) is 24.3 Å². The molecule has 2 rings (SSSR count). The summed E-state index contributed by atoms with van der Waals surface area (Å²) in [7, 11) is -1.36. The van der Waals surface area contributed by atoms with Crippen LogP contribution in [0.3, 0.4) is 0 Å². The van der Waals surface area contributed by atoms with Gasteiger partial charge >= 0.3 is 0 Å². The molecule has 0 atom stereocenters. The lowest BCUT2D eigenvalue weighted by molar-refractivity contribution is 0.476. The van der Waals surface area contributed by atoms with Crippen molar-refractivity contribution in [2.75, 3.05) is 25.1 Å². The van der Waals surface area contributed by atoms with E-state index >= 15 is 0 Å². The number of hydrogen-bond donors (Lipinski definition) is 2. The Morgan fingerprint density at radius 3 is 2.67 bits per heavy atom. The van der Waals surface area contributed by atoms with Gasteiger partial charge in [0.1, 0.15) is 0 Å². The highest BCUT2D eigenvalue weighted by Crippen LogP contribution is 2.22. The van der Waals surface area contributed by atoms with Crippen LogP contribution in [0.25, 0.3) is 0 Å². The average molecular weight is 329 g/mol. The minimum Gasteiger partial charge on any atom is -0.316 e. The summed E-state index contributed by atoms with van der Waals surface area (Å²) in [5.41, 5.74) is 1.95. The van der Waals surface area contributed by atoms with Crippen molar-refractivity contribution < 1.29 is 8.42 Å². The van der Waals surface area contributed by atoms with Gasteiger partial charge in [-0.1, -0.05) is 24.3 Å². The normalized spacial score (nSPS) is 17.0. The number of sulfonamides is 1.